The quantitative estimate of drug-likeness (QED) is 0.703. The molecule has 1 aromatic carbocycles. The number of carbonyl (C=O) groups excluding carboxylic acids is 2. The summed E-state index contributed by atoms with van der Waals surface area (Å²) >= 11 is 0. The highest BCUT2D eigenvalue weighted by atomic mass is 32.2. The molecule has 0 aliphatic heterocycles. The molecule has 0 bridgehead atoms. The van der Waals surface area contributed by atoms with Gasteiger partial charge in [0.2, 0.25) is 4.87 Å². The van der Waals surface area contributed by atoms with E-state index < -0.39 is 27.0 Å². The fourth-order valence-corrected chi connectivity index (χ4v) is 3.08. The van der Waals surface area contributed by atoms with Crippen molar-refractivity contribution in [1.29, 1.82) is 0 Å². The maximum absolute atomic E-state index is 12.2. The number of sulfonamides is 1. The van der Waals surface area contributed by atoms with E-state index >= 15 is 0 Å². The summed E-state index contributed by atoms with van der Waals surface area (Å²) in [5.74, 6) is -1.15. The number of ether oxygens (including phenoxy) is 2. The summed E-state index contributed by atoms with van der Waals surface area (Å²) in [7, 11) is -3.50. The highest BCUT2D eigenvalue weighted by Crippen LogP contribution is 2.18. The van der Waals surface area contributed by atoms with E-state index in [4.69, 9.17) is 10.5 Å². The zero-order valence-corrected chi connectivity index (χ0v) is 13.8. The molecule has 8 nitrogen and oxygen atoms in total. The van der Waals surface area contributed by atoms with Gasteiger partial charge in [-0.15, -0.1) is 0 Å². The van der Waals surface area contributed by atoms with Gasteiger partial charge < -0.3 is 15.2 Å². The summed E-state index contributed by atoms with van der Waals surface area (Å²) < 4.78 is 35.3. The van der Waals surface area contributed by atoms with Crippen molar-refractivity contribution in [3.8, 4) is 0 Å². The fraction of sp³-hybridized carbons (Fsp3) is 0.429. The maximum Gasteiger partial charge on any atom is 0.421 e. The standard InChI is InChI=1S/C14H20N2O6S/c1-3-9-14(15,12(17)21-2)23(19,20)16-13(18)22-10-11-7-5-4-6-8-11/h4-8H,3,9-10,15H2,1-2H3,(H,16,18). The van der Waals surface area contributed by atoms with Gasteiger partial charge in [0.25, 0.3) is 10.0 Å². The van der Waals surface area contributed by atoms with Crippen molar-refractivity contribution >= 4 is 22.1 Å². The van der Waals surface area contributed by atoms with E-state index in [0.717, 1.165) is 7.11 Å². The molecule has 1 unspecified atom stereocenters. The van der Waals surface area contributed by atoms with Crippen LogP contribution in [0, 0.1) is 0 Å². The summed E-state index contributed by atoms with van der Waals surface area (Å²) in [6.07, 6.45) is -1.13. The van der Waals surface area contributed by atoms with Crippen LogP contribution in [0.15, 0.2) is 30.3 Å². The van der Waals surface area contributed by atoms with E-state index in [2.05, 4.69) is 4.74 Å². The molecule has 128 valence electrons. The Labute approximate surface area is 135 Å². The average molecular weight is 344 g/mol. The summed E-state index contributed by atoms with van der Waals surface area (Å²) in [5.41, 5.74) is 6.34. The van der Waals surface area contributed by atoms with E-state index in [1.165, 1.54) is 0 Å². The second kappa shape index (κ2) is 7.93. The third kappa shape index (κ3) is 4.67. The van der Waals surface area contributed by atoms with Gasteiger partial charge in [-0.25, -0.2) is 22.7 Å². The Morgan fingerprint density at radius 1 is 1.26 bits per heavy atom. The largest absolute Gasteiger partial charge is 0.467 e. The van der Waals surface area contributed by atoms with Gasteiger partial charge in [0.05, 0.1) is 7.11 Å². The van der Waals surface area contributed by atoms with E-state index in [0.29, 0.717) is 12.0 Å². The molecule has 1 amide bonds. The maximum atomic E-state index is 12.2. The number of esters is 1. The van der Waals surface area contributed by atoms with Gasteiger partial charge in [-0.2, -0.15) is 0 Å². The summed E-state index contributed by atoms with van der Waals surface area (Å²) in [6.45, 7) is 1.53. The molecule has 0 heterocycles. The second-order valence-electron chi connectivity index (χ2n) is 4.80. The van der Waals surface area contributed by atoms with Gasteiger partial charge in [-0.05, 0) is 12.0 Å². The van der Waals surface area contributed by atoms with Gasteiger partial charge >= 0.3 is 12.1 Å². The highest BCUT2D eigenvalue weighted by molar-refractivity contribution is 7.92. The smallest absolute Gasteiger partial charge is 0.421 e. The topological polar surface area (TPSA) is 125 Å². The molecule has 23 heavy (non-hydrogen) atoms. The van der Waals surface area contributed by atoms with Crippen LogP contribution in [0.4, 0.5) is 4.79 Å². The summed E-state index contributed by atoms with van der Waals surface area (Å²) in [5, 5.41) is 0. The molecule has 0 aliphatic carbocycles. The van der Waals surface area contributed by atoms with Crippen molar-refractivity contribution in [2.75, 3.05) is 7.11 Å². The Morgan fingerprint density at radius 3 is 2.39 bits per heavy atom. The van der Waals surface area contributed by atoms with Crippen LogP contribution in [0.2, 0.25) is 0 Å². The Hall–Kier alpha value is -2.13. The van der Waals surface area contributed by atoms with Crippen LogP contribution in [-0.4, -0.2) is 32.5 Å². The second-order valence-corrected chi connectivity index (χ2v) is 6.74. The van der Waals surface area contributed by atoms with Crippen LogP contribution in [0.5, 0.6) is 0 Å². The first kappa shape index (κ1) is 18.9. The molecule has 0 fully saturated rings. The van der Waals surface area contributed by atoms with Crippen molar-refractivity contribution in [2.24, 2.45) is 5.73 Å². The van der Waals surface area contributed by atoms with Gasteiger partial charge in [-0.1, -0.05) is 43.7 Å². The van der Waals surface area contributed by atoms with Crippen LogP contribution in [0.25, 0.3) is 0 Å². The van der Waals surface area contributed by atoms with Gasteiger partial charge in [0.15, 0.2) is 0 Å². The zero-order chi connectivity index (χ0) is 17.5. The van der Waals surface area contributed by atoms with Crippen molar-refractivity contribution in [3.63, 3.8) is 0 Å². The van der Waals surface area contributed by atoms with E-state index in [1.807, 2.05) is 0 Å². The number of carbonyl (C=O) groups is 2. The molecule has 0 radical (unpaired) electrons. The summed E-state index contributed by atoms with van der Waals surface area (Å²) in [6, 6.07) is 8.70. The normalized spacial score (nSPS) is 13.7. The Balaban J connectivity index is 2.79. The Morgan fingerprint density at radius 2 is 1.87 bits per heavy atom. The monoisotopic (exact) mass is 344 g/mol. The van der Waals surface area contributed by atoms with Crippen molar-refractivity contribution in [1.82, 2.24) is 4.72 Å². The lowest BCUT2D eigenvalue weighted by atomic mass is 10.2. The first-order valence-electron chi connectivity index (χ1n) is 6.87. The van der Waals surface area contributed by atoms with Crippen LogP contribution in [-0.2, 0) is 30.9 Å². The molecule has 1 aromatic rings. The van der Waals surface area contributed by atoms with Crippen LogP contribution >= 0.6 is 0 Å². The molecule has 0 aliphatic rings. The van der Waals surface area contributed by atoms with Crippen LogP contribution in [0.1, 0.15) is 25.3 Å². The third-order valence-corrected chi connectivity index (χ3v) is 4.83. The number of rotatable bonds is 7. The molecule has 0 aromatic heterocycles. The minimum Gasteiger partial charge on any atom is -0.467 e. The van der Waals surface area contributed by atoms with E-state index in [1.54, 1.807) is 42.0 Å². The first-order chi connectivity index (χ1) is 10.8. The predicted molar refractivity (Wildman–Crippen MR) is 82.5 cm³/mol. The third-order valence-electron chi connectivity index (χ3n) is 3.06. The molecular formula is C14H20N2O6S. The predicted octanol–water partition coefficient (Wildman–Crippen LogP) is 0.871. The Kier molecular flexibility index (Phi) is 6.52. The molecule has 1 rings (SSSR count). The summed E-state index contributed by atoms with van der Waals surface area (Å²) in [4.78, 5) is 21.0. The van der Waals surface area contributed by atoms with Crippen molar-refractivity contribution in [2.45, 2.75) is 31.2 Å². The number of hydrogen-bond donors (Lipinski definition) is 2. The van der Waals surface area contributed by atoms with Gasteiger partial charge in [-0.3, -0.25) is 0 Å². The minimum absolute atomic E-state index is 0.119. The first-order valence-corrected chi connectivity index (χ1v) is 8.35. The van der Waals surface area contributed by atoms with Gasteiger partial charge in [0, 0.05) is 0 Å². The molecule has 3 N–H and O–H groups in total. The lowest BCUT2D eigenvalue weighted by Crippen LogP contribution is -2.60. The molecule has 0 spiro atoms. The average Bonchev–Trinajstić information content (AvgIpc) is 2.52. The molecule has 0 saturated carbocycles. The van der Waals surface area contributed by atoms with E-state index in [9.17, 15) is 18.0 Å². The highest BCUT2D eigenvalue weighted by Gasteiger charge is 2.49. The number of nitrogens with two attached hydrogens (primary N) is 1. The lowest BCUT2D eigenvalue weighted by molar-refractivity contribution is -0.143. The molecule has 1 atom stereocenters. The number of hydrogen-bond acceptors (Lipinski definition) is 7. The SMILES string of the molecule is CCCC(N)(C(=O)OC)S(=O)(=O)NC(=O)OCc1ccccc1. The number of methoxy groups -OCH3 is 1. The van der Waals surface area contributed by atoms with Gasteiger partial charge in [0.1, 0.15) is 6.61 Å². The number of nitrogens with one attached hydrogen (secondary N) is 1. The van der Waals surface area contributed by atoms with Crippen molar-refractivity contribution in [3.05, 3.63) is 35.9 Å². The fourth-order valence-electron chi connectivity index (χ4n) is 1.84. The lowest BCUT2D eigenvalue weighted by Gasteiger charge is -2.25. The zero-order valence-electron chi connectivity index (χ0n) is 12.9. The number of amides is 1. The van der Waals surface area contributed by atoms with Crippen LogP contribution < -0.4 is 10.5 Å². The molecular weight excluding hydrogens is 324 g/mol. The molecule has 9 heteroatoms. The van der Waals surface area contributed by atoms with Crippen molar-refractivity contribution < 1.29 is 27.5 Å². The van der Waals surface area contributed by atoms with E-state index in [-0.39, 0.29) is 13.0 Å². The van der Waals surface area contributed by atoms with Crippen LogP contribution in [0.3, 0.4) is 0 Å². The molecule has 0 saturated heterocycles. The minimum atomic E-state index is -4.52. The number of benzene rings is 1. The Bertz CT molecular complexity index is 646.